The lowest BCUT2D eigenvalue weighted by Crippen LogP contribution is -2.39. The third-order valence-electron chi connectivity index (χ3n) is 4.73. The van der Waals surface area contributed by atoms with Gasteiger partial charge in [-0.25, -0.2) is 17.5 Å². The van der Waals surface area contributed by atoms with E-state index in [9.17, 15) is 13.2 Å². The topological polar surface area (TPSA) is 87.6 Å². The first-order valence-corrected chi connectivity index (χ1v) is 10.4. The van der Waals surface area contributed by atoms with Crippen molar-refractivity contribution >= 4 is 16.0 Å². The maximum atomic E-state index is 11.7. The standard InChI is InChI=1S/C19H22N2O4S/c1-26(24,25)21-10-2-3-15(13-21)11-14-4-9-18(20-12-14)16-5-7-17(8-6-16)19(22)23/h4-9,12,15H,2-3,10-11,13H2,1H3,(H,22,23)/t15-/m1/s1. The summed E-state index contributed by atoms with van der Waals surface area (Å²) < 4.78 is 25.0. The summed E-state index contributed by atoms with van der Waals surface area (Å²) in [5.41, 5.74) is 2.98. The lowest BCUT2D eigenvalue weighted by atomic mass is 9.93. The molecule has 0 unspecified atom stereocenters. The zero-order valence-electron chi connectivity index (χ0n) is 14.6. The third-order valence-corrected chi connectivity index (χ3v) is 6.00. The number of hydrogen-bond donors (Lipinski definition) is 1. The average molecular weight is 374 g/mol. The van der Waals surface area contributed by atoms with Crippen molar-refractivity contribution in [1.29, 1.82) is 0 Å². The molecule has 6 nitrogen and oxygen atoms in total. The predicted octanol–water partition coefficient (Wildman–Crippen LogP) is 2.66. The van der Waals surface area contributed by atoms with Crippen LogP contribution in [-0.2, 0) is 16.4 Å². The molecule has 2 heterocycles. The van der Waals surface area contributed by atoms with Crippen LogP contribution in [0.2, 0.25) is 0 Å². The van der Waals surface area contributed by atoms with Crippen molar-refractivity contribution in [2.45, 2.75) is 19.3 Å². The fourth-order valence-electron chi connectivity index (χ4n) is 3.33. The fourth-order valence-corrected chi connectivity index (χ4v) is 4.27. The Morgan fingerprint density at radius 2 is 1.96 bits per heavy atom. The zero-order valence-corrected chi connectivity index (χ0v) is 15.4. The number of aromatic carboxylic acids is 1. The summed E-state index contributed by atoms with van der Waals surface area (Å²) >= 11 is 0. The van der Waals surface area contributed by atoms with E-state index in [0.29, 0.717) is 19.0 Å². The normalized spacial score (nSPS) is 18.6. The van der Waals surface area contributed by atoms with Crippen molar-refractivity contribution in [2.75, 3.05) is 19.3 Å². The first-order valence-electron chi connectivity index (χ1n) is 8.57. The van der Waals surface area contributed by atoms with Gasteiger partial charge in [0, 0.05) is 24.8 Å². The van der Waals surface area contributed by atoms with Gasteiger partial charge >= 0.3 is 5.97 Å². The maximum absolute atomic E-state index is 11.7. The number of benzene rings is 1. The molecule has 0 amide bonds. The molecule has 3 rings (SSSR count). The van der Waals surface area contributed by atoms with Gasteiger partial charge in [-0.05, 0) is 48.9 Å². The number of carboxylic acid groups (broad SMARTS) is 1. The van der Waals surface area contributed by atoms with Crippen LogP contribution in [0, 0.1) is 5.92 Å². The summed E-state index contributed by atoms with van der Waals surface area (Å²) in [6.45, 7) is 1.18. The molecule has 1 saturated heterocycles. The third kappa shape index (κ3) is 4.47. The molecule has 1 aliphatic heterocycles. The van der Waals surface area contributed by atoms with Gasteiger partial charge in [-0.15, -0.1) is 0 Å². The van der Waals surface area contributed by atoms with E-state index in [0.717, 1.165) is 36.1 Å². The van der Waals surface area contributed by atoms with Crippen molar-refractivity contribution in [3.63, 3.8) is 0 Å². The number of hydrogen-bond acceptors (Lipinski definition) is 4. The quantitative estimate of drug-likeness (QED) is 0.869. The van der Waals surface area contributed by atoms with Crippen molar-refractivity contribution in [1.82, 2.24) is 9.29 Å². The minimum absolute atomic E-state index is 0.248. The van der Waals surface area contributed by atoms with Gasteiger partial charge in [0.25, 0.3) is 0 Å². The summed E-state index contributed by atoms with van der Waals surface area (Å²) in [6.07, 6.45) is 5.79. The molecule has 1 aromatic carbocycles. The zero-order chi connectivity index (χ0) is 18.7. The SMILES string of the molecule is CS(=O)(=O)N1CCC[C@H](Cc2ccc(-c3ccc(C(=O)O)cc3)nc2)C1. The van der Waals surface area contributed by atoms with Crippen LogP contribution in [0.25, 0.3) is 11.3 Å². The number of piperidine rings is 1. The highest BCUT2D eigenvalue weighted by molar-refractivity contribution is 7.88. The lowest BCUT2D eigenvalue weighted by Gasteiger charge is -2.30. The number of rotatable bonds is 5. The smallest absolute Gasteiger partial charge is 0.335 e. The Kier molecular flexibility index (Phi) is 5.38. The van der Waals surface area contributed by atoms with E-state index in [4.69, 9.17) is 5.11 Å². The number of nitrogens with zero attached hydrogens (tertiary/aromatic N) is 2. The molecule has 1 fully saturated rings. The Balaban J connectivity index is 1.67. The molecule has 1 atom stereocenters. The summed E-state index contributed by atoms with van der Waals surface area (Å²) in [6, 6.07) is 10.5. The molecular weight excluding hydrogens is 352 g/mol. The van der Waals surface area contributed by atoms with Gasteiger partial charge in [0.1, 0.15) is 0 Å². The van der Waals surface area contributed by atoms with Gasteiger partial charge in [0.15, 0.2) is 0 Å². The molecule has 7 heteroatoms. The number of carbonyl (C=O) groups is 1. The van der Waals surface area contributed by atoms with E-state index in [1.165, 1.54) is 6.26 Å². The van der Waals surface area contributed by atoms with Gasteiger partial charge < -0.3 is 5.11 Å². The van der Waals surface area contributed by atoms with Crippen LogP contribution < -0.4 is 0 Å². The second kappa shape index (κ2) is 7.55. The van der Waals surface area contributed by atoms with Crippen LogP contribution in [0.15, 0.2) is 42.6 Å². The maximum Gasteiger partial charge on any atom is 0.335 e. The van der Waals surface area contributed by atoms with Crippen LogP contribution in [0.1, 0.15) is 28.8 Å². The molecule has 0 aliphatic carbocycles. The Morgan fingerprint density at radius 1 is 1.23 bits per heavy atom. The highest BCUT2D eigenvalue weighted by atomic mass is 32.2. The molecule has 0 saturated carbocycles. The highest BCUT2D eigenvalue weighted by Gasteiger charge is 2.25. The molecule has 0 spiro atoms. The van der Waals surface area contributed by atoms with E-state index >= 15 is 0 Å². The summed E-state index contributed by atoms with van der Waals surface area (Å²) in [4.78, 5) is 15.4. The minimum Gasteiger partial charge on any atom is -0.478 e. The van der Waals surface area contributed by atoms with E-state index < -0.39 is 16.0 Å². The molecular formula is C19H22N2O4S. The lowest BCUT2D eigenvalue weighted by molar-refractivity contribution is 0.0697. The van der Waals surface area contributed by atoms with Crippen molar-refractivity contribution in [2.24, 2.45) is 5.92 Å². The Hall–Kier alpha value is -2.25. The Morgan fingerprint density at radius 3 is 2.54 bits per heavy atom. The molecule has 138 valence electrons. The number of carboxylic acids is 1. The van der Waals surface area contributed by atoms with E-state index in [-0.39, 0.29) is 5.56 Å². The molecule has 1 aromatic heterocycles. The summed E-state index contributed by atoms with van der Waals surface area (Å²) in [5, 5.41) is 8.95. The first-order chi connectivity index (χ1) is 12.3. The van der Waals surface area contributed by atoms with Crippen LogP contribution in [0.4, 0.5) is 0 Å². The van der Waals surface area contributed by atoms with Gasteiger partial charge in [-0.2, -0.15) is 0 Å². The van der Waals surface area contributed by atoms with Crippen molar-refractivity contribution < 1.29 is 18.3 Å². The van der Waals surface area contributed by atoms with Crippen molar-refractivity contribution in [3.05, 3.63) is 53.7 Å². The minimum atomic E-state index is -3.13. The summed E-state index contributed by atoms with van der Waals surface area (Å²) in [7, 11) is -3.13. The van der Waals surface area contributed by atoms with Gasteiger partial charge in [-0.1, -0.05) is 18.2 Å². The van der Waals surface area contributed by atoms with E-state index in [1.54, 1.807) is 28.6 Å². The predicted molar refractivity (Wildman–Crippen MR) is 99.5 cm³/mol. The number of pyridine rings is 1. The van der Waals surface area contributed by atoms with Crippen LogP contribution in [0.3, 0.4) is 0 Å². The van der Waals surface area contributed by atoms with E-state index in [1.807, 2.05) is 18.3 Å². The summed E-state index contributed by atoms with van der Waals surface area (Å²) in [5.74, 6) is -0.642. The largest absolute Gasteiger partial charge is 0.478 e. The molecule has 1 aliphatic rings. The molecule has 26 heavy (non-hydrogen) atoms. The van der Waals surface area contributed by atoms with Gasteiger partial charge in [0.2, 0.25) is 10.0 Å². The monoisotopic (exact) mass is 374 g/mol. The molecule has 0 bridgehead atoms. The average Bonchev–Trinajstić information content (AvgIpc) is 2.62. The van der Waals surface area contributed by atoms with Gasteiger partial charge in [-0.3, -0.25) is 4.98 Å². The van der Waals surface area contributed by atoms with Crippen LogP contribution in [0.5, 0.6) is 0 Å². The van der Waals surface area contributed by atoms with Gasteiger partial charge in [0.05, 0.1) is 17.5 Å². The second-order valence-electron chi connectivity index (χ2n) is 6.77. The molecule has 1 N–H and O–H groups in total. The molecule has 2 aromatic rings. The van der Waals surface area contributed by atoms with Crippen molar-refractivity contribution in [3.8, 4) is 11.3 Å². The second-order valence-corrected chi connectivity index (χ2v) is 8.75. The molecule has 0 radical (unpaired) electrons. The Bertz CT molecular complexity index is 877. The van der Waals surface area contributed by atoms with E-state index in [2.05, 4.69) is 4.98 Å². The highest BCUT2D eigenvalue weighted by Crippen LogP contribution is 2.23. The number of sulfonamides is 1. The van der Waals surface area contributed by atoms with Crippen LogP contribution >= 0.6 is 0 Å². The fraction of sp³-hybridized carbons (Fsp3) is 0.368. The van der Waals surface area contributed by atoms with Crippen LogP contribution in [-0.4, -0.2) is 48.1 Å². The first kappa shape index (κ1) is 18.5. The number of aromatic nitrogens is 1. The Labute approximate surface area is 153 Å².